The number of piperazine rings is 1. The first kappa shape index (κ1) is 22.4. The lowest BCUT2D eigenvalue weighted by Crippen LogP contribution is -2.53. The Bertz CT molecular complexity index is 637. The normalized spacial score (nSPS) is 16.0. The van der Waals surface area contributed by atoms with Crippen molar-refractivity contribution in [2.45, 2.75) is 6.92 Å². The Balaban J connectivity index is 0.00000338. The number of anilines is 1. The topological polar surface area (TPSA) is 57.2 Å². The maximum Gasteiger partial charge on any atom is 0.310 e. The summed E-state index contributed by atoms with van der Waals surface area (Å²) in [7, 11) is 3.03. The van der Waals surface area contributed by atoms with Gasteiger partial charge < -0.3 is 19.9 Å². The van der Waals surface area contributed by atoms with Gasteiger partial charge in [0.05, 0.1) is 18.7 Å². The van der Waals surface area contributed by atoms with E-state index in [4.69, 9.17) is 4.74 Å². The van der Waals surface area contributed by atoms with Crippen LogP contribution in [0.25, 0.3) is 0 Å². The van der Waals surface area contributed by atoms with E-state index in [2.05, 4.69) is 10.3 Å². The molecule has 26 heavy (non-hydrogen) atoms. The van der Waals surface area contributed by atoms with E-state index in [1.165, 1.54) is 13.2 Å². The smallest absolute Gasteiger partial charge is 0.310 e. The van der Waals surface area contributed by atoms with E-state index in [0.717, 1.165) is 12.1 Å². The second-order valence-corrected chi connectivity index (χ2v) is 5.92. The fourth-order valence-electron chi connectivity index (χ4n) is 2.75. The number of benzene rings is 1. The Morgan fingerprint density at radius 3 is 2.54 bits per heavy atom. The highest BCUT2D eigenvalue weighted by atomic mass is 127. The molecule has 0 aromatic heterocycles. The lowest BCUT2D eigenvalue weighted by Gasteiger charge is -2.37. The molecule has 0 bridgehead atoms. The summed E-state index contributed by atoms with van der Waals surface area (Å²) in [5, 5.41) is 3.15. The number of hydrogen-bond acceptors (Lipinski definition) is 4. The molecule has 1 unspecified atom stereocenters. The standard InChI is InChI=1S/C17H24F2N4O2.HI/c1-12(16(24)25-3)11-21-17(20-2)23-8-6-22(7-9-23)15-10-13(18)4-5-14(15)19;/h4-5,10,12H,6-9,11H2,1-3H3,(H,20,21);1H. The first-order valence-corrected chi connectivity index (χ1v) is 8.19. The predicted octanol–water partition coefficient (Wildman–Crippen LogP) is 2.09. The average molecular weight is 482 g/mol. The van der Waals surface area contributed by atoms with Crippen LogP contribution in [0.3, 0.4) is 0 Å². The van der Waals surface area contributed by atoms with E-state index >= 15 is 0 Å². The summed E-state index contributed by atoms with van der Waals surface area (Å²) in [5.41, 5.74) is 0.280. The van der Waals surface area contributed by atoms with Crippen molar-refractivity contribution < 1.29 is 18.3 Å². The van der Waals surface area contributed by atoms with Crippen LogP contribution < -0.4 is 10.2 Å². The monoisotopic (exact) mass is 482 g/mol. The van der Waals surface area contributed by atoms with Gasteiger partial charge in [0.15, 0.2) is 5.96 Å². The van der Waals surface area contributed by atoms with Crippen LogP contribution in [0.15, 0.2) is 23.2 Å². The molecule has 0 spiro atoms. The van der Waals surface area contributed by atoms with Gasteiger partial charge in [-0.15, -0.1) is 24.0 Å². The van der Waals surface area contributed by atoms with Crippen molar-refractivity contribution in [2.24, 2.45) is 10.9 Å². The second kappa shape index (κ2) is 10.5. The van der Waals surface area contributed by atoms with E-state index in [-0.39, 0.29) is 41.6 Å². The number of ether oxygens (including phenoxy) is 1. The molecule has 1 N–H and O–H groups in total. The molecule has 0 aliphatic carbocycles. The molecule has 9 heteroatoms. The minimum Gasteiger partial charge on any atom is -0.469 e. The molecule has 1 aromatic rings. The highest BCUT2D eigenvalue weighted by molar-refractivity contribution is 14.0. The van der Waals surface area contributed by atoms with Gasteiger partial charge in [0.25, 0.3) is 0 Å². The maximum absolute atomic E-state index is 13.9. The highest BCUT2D eigenvalue weighted by Gasteiger charge is 2.23. The molecule has 1 aliphatic heterocycles. The Labute approximate surface area is 169 Å². The quantitative estimate of drug-likeness (QED) is 0.309. The van der Waals surface area contributed by atoms with Crippen LogP contribution in [0.1, 0.15) is 6.92 Å². The van der Waals surface area contributed by atoms with Gasteiger partial charge in [0.2, 0.25) is 0 Å². The summed E-state index contributed by atoms with van der Waals surface area (Å²) in [5.74, 6) is -0.772. The zero-order valence-electron chi connectivity index (χ0n) is 15.2. The number of carbonyl (C=O) groups excluding carboxylic acids is 1. The van der Waals surface area contributed by atoms with Crippen LogP contribution >= 0.6 is 24.0 Å². The van der Waals surface area contributed by atoms with Crippen LogP contribution in [0.5, 0.6) is 0 Å². The van der Waals surface area contributed by atoms with Gasteiger partial charge in [-0.25, -0.2) is 8.78 Å². The van der Waals surface area contributed by atoms with Crippen molar-refractivity contribution in [1.29, 1.82) is 0 Å². The molecule has 2 rings (SSSR count). The summed E-state index contributed by atoms with van der Waals surface area (Å²) >= 11 is 0. The fraction of sp³-hybridized carbons (Fsp3) is 0.529. The molecule has 0 saturated carbocycles. The number of nitrogens with one attached hydrogen (secondary N) is 1. The van der Waals surface area contributed by atoms with Crippen LogP contribution in [-0.4, -0.2) is 63.7 Å². The lowest BCUT2D eigenvalue weighted by atomic mass is 10.2. The summed E-state index contributed by atoms with van der Waals surface area (Å²) < 4.78 is 32.0. The molecule has 1 aliphatic rings. The Morgan fingerprint density at radius 2 is 1.96 bits per heavy atom. The number of esters is 1. The van der Waals surface area contributed by atoms with Gasteiger partial charge in [-0.2, -0.15) is 0 Å². The van der Waals surface area contributed by atoms with E-state index < -0.39 is 11.6 Å². The molecule has 1 heterocycles. The first-order valence-electron chi connectivity index (χ1n) is 8.19. The van der Waals surface area contributed by atoms with Crippen molar-refractivity contribution in [3.8, 4) is 0 Å². The summed E-state index contributed by atoms with van der Waals surface area (Å²) in [6.07, 6.45) is 0. The molecule has 0 radical (unpaired) electrons. The second-order valence-electron chi connectivity index (χ2n) is 5.92. The van der Waals surface area contributed by atoms with Crippen LogP contribution in [-0.2, 0) is 9.53 Å². The Kier molecular flexibility index (Phi) is 9.03. The lowest BCUT2D eigenvalue weighted by molar-refractivity contribution is -0.144. The van der Waals surface area contributed by atoms with Crippen LogP contribution in [0.4, 0.5) is 14.5 Å². The van der Waals surface area contributed by atoms with Gasteiger partial charge in [0.1, 0.15) is 11.6 Å². The number of carbonyl (C=O) groups is 1. The van der Waals surface area contributed by atoms with Crippen molar-refractivity contribution in [1.82, 2.24) is 10.2 Å². The van der Waals surface area contributed by atoms with Gasteiger partial charge in [-0.1, -0.05) is 6.92 Å². The average Bonchev–Trinajstić information content (AvgIpc) is 2.63. The number of methoxy groups -OCH3 is 1. The molecule has 146 valence electrons. The summed E-state index contributed by atoms with van der Waals surface area (Å²) in [4.78, 5) is 19.5. The van der Waals surface area contributed by atoms with E-state index in [1.807, 2.05) is 9.80 Å². The number of aliphatic imine (C=N–C) groups is 1. The van der Waals surface area contributed by atoms with Crippen molar-refractivity contribution in [2.75, 3.05) is 51.8 Å². The molecular weight excluding hydrogens is 457 g/mol. The van der Waals surface area contributed by atoms with Crippen LogP contribution in [0, 0.1) is 17.6 Å². The Hall–Kier alpha value is -1.65. The molecule has 0 amide bonds. The van der Waals surface area contributed by atoms with Gasteiger partial charge in [-0.05, 0) is 12.1 Å². The molecule has 1 aromatic carbocycles. The molecule has 6 nitrogen and oxygen atoms in total. The number of hydrogen-bond donors (Lipinski definition) is 1. The predicted molar refractivity (Wildman–Crippen MR) is 108 cm³/mol. The number of guanidine groups is 1. The molecule has 1 fully saturated rings. The number of rotatable bonds is 4. The van der Waals surface area contributed by atoms with Gasteiger partial charge >= 0.3 is 5.97 Å². The third-order valence-corrected chi connectivity index (χ3v) is 4.21. The fourth-order valence-corrected chi connectivity index (χ4v) is 2.75. The number of halogens is 3. The third-order valence-electron chi connectivity index (χ3n) is 4.21. The first-order chi connectivity index (χ1) is 12.0. The summed E-state index contributed by atoms with van der Waals surface area (Å²) in [6, 6.07) is 3.48. The minimum atomic E-state index is -0.451. The molecular formula is C17H25F2IN4O2. The molecule has 1 saturated heterocycles. The van der Waals surface area contributed by atoms with Crippen molar-refractivity contribution >= 4 is 41.6 Å². The zero-order valence-corrected chi connectivity index (χ0v) is 17.5. The minimum absolute atomic E-state index is 0. The van der Waals surface area contributed by atoms with Gasteiger partial charge in [-0.3, -0.25) is 9.79 Å². The molecule has 1 atom stereocenters. The largest absolute Gasteiger partial charge is 0.469 e. The SMILES string of the molecule is CN=C(NCC(C)C(=O)OC)N1CCN(c2cc(F)ccc2F)CC1.I. The Morgan fingerprint density at radius 1 is 1.31 bits per heavy atom. The highest BCUT2D eigenvalue weighted by Crippen LogP contribution is 2.21. The van der Waals surface area contributed by atoms with Crippen LogP contribution in [0.2, 0.25) is 0 Å². The van der Waals surface area contributed by atoms with Gasteiger partial charge in [0, 0.05) is 45.8 Å². The van der Waals surface area contributed by atoms with Crippen molar-refractivity contribution in [3.63, 3.8) is 0 Å². The maximum atomic E-state index is 13.9. The van der Waals surface area contributed by atoms with E-state index in [0.29, 0.717) is 38.7 Å². The van der Waals surface area contributed by atoms with E-state index in [9.17, 15) is 13.6 Å². The number of nitrogens with zero attached hydrogens (tertiary/aromatic N) is 3. The summed E-state index contributed by atoms with van der Waals surface area (Å²) in [6.45, 7) is 4.51. The zero-order chi connectivity index (χ0) is 18.4. The van der Waals surface area contributed by atoms with Crippen molar-refractivity contribution in [3.05, 3.63) is 29.8 Å². The third kappa shape index (κ3) is 5.68. The van der Waals surface area contributed by atoms with E-state index in [1.54, 1.807) is 14.0 Å².